The molecule has 9 nitrogen and oxygen atoms in total. The first-order valence-electron chi connectivity index (χ1n) is 15.9. The van der Waals surface area contributed by atoms with Crippen molar-refractivity contribution in [3.63, 3.8) is 0 Å². The molecule has 13 heteroatoms. The van der Waals surface area contributed by atoms with E-state index in [2.05, 4.69) is 22.0 Å². The van der Waals surface area contributed by atoms with Crippen molar-refractivity contribution in [3.05, 3.63) is 114 Å². The van der Waals surface area contributed by atoms with Crippen LogP contribution < -0.4 is 14.4 Å². The van der Waals surface area contributed by atoms with Crippen LogP contribution in [0.4, 0.5) is 18.9 Å². The minimum atomic E-state index is -4.48. The fourth-order valence-electron chi connectivity index (χ4n) is 5.87. The molecular formula is C37H37BrF3N5O4. The molecule has 0 saturated carbocycles. The number of rotatable bonds is 9. The number of carbonyl (C=O) groups excluding carboxylic acids is 2. The summed E-state index contributed by atoms with van der Waals surface area (Å²) in [6.45, 7) is 6.21. The Morgan fingerprint density at radius 2 is 1.64 bits per heavy atom. The van der Waals surface area contributed by atoms with Crippen molar-refractivity contribution in [1.82, 2.24) is 19.4 Å². The third-order valence-corrected chi connectivity index (χ3v) is 8.61. The average molecular weight is 753 g/mol. The smallest absolute Gasteiger partial charge is 0.416 e. The van der Waals surface area contributed by atoms with Gasteiger partial charge < -0.3 is 23.8 Å². The molecule has 1 saturated heterocycles. The lowest BCUT2D eigenvalue weighted by Gasteiger charge is -2.34. The van der Waals surface area contributed by atoms with E-state index in [1.807, 2.05) is 53.8 Å². The maximum atomic E-state index is 13.6. The highest BCUT2D eigenvalue weighted by atomic mass is 79.9. The Labute approximate surface area is 298 Å². The number of ether oxygens (including phenoxy) is 2. The van der Waals surface area contributed by atoms with Crippen LogP contribution in [-0.2, 0) is 19.8 Å². The van der Waals surface area contributed by atoms with E-state index in [1.165, 1.54) is 23.7 Å². The lowest BCUT2D eigenvalue weighted by atomic mass is 10.1. The van der Waals surface area contributed by atoms with Crippen LogP contribution in [0.5, 0.6) is 17.4 Å². The van der Waals surface area contributed by atoms with Gasteiger partial charge in [0.25, 0.3) is 11.8 Å². The molecule has 0 unspecified atom stereocenters. The number of pyridine rings is 1. The van der Waals surface area contributed by atoms with Gasteiger partial charge in [-0.3, -0.25) is 14.5 Å². The molecule has 3 heterocycles. The topological polar surface area (TPSA) is 80.1 Å². The number of benzene rings is 3. The molecule has 2 amide bonds. The molecule has 0 aliphatic carbocycles. The number of carbonyl (C=O) groups is 2. The molecule has 1 fully saturated rings. The Balaban J connectivity index is 0.00000486. The number of amides is 2. The lowest BCUT2D eigenvalue weighted by molar-refractivity contribution is -0.137. The molecular weight excluding hydrogens is 715 g/mol. The molecule has 50 heavy (non-hydrogen) atoms. The van der Waals surface area contributed by atoms with Crippen molar-refractivity contribution in [2.45, 2.75) is 19.6 Å². The Kier molecular flexibility index (Phi) is 11.2. The van der Waals surface area contributed by atoms with E-state index in [-0.39, 0.29) is 34.3 Å². The van der Waals surface area contributed by atoms with Gasteiger partial charge in [0.05, 0.1) is 29.6 Å². The van der Waals surface area contributed by atoms with Gasteiger partial charge in [0, 0.05) is 69.9 Å². The number of hydrogen-bond acceptors (Lipinski definition) is 6. The van der Waals surface area contributed by atoms with Crippen molar-refractivity contribution in [2.75, 3.05) is 44.7 Å². The maximum absolute atomic E-state index is 13.6. The first-order valence-corrected chi connectivity index (χ1v) is 15.9. The summed E-state index contributed by atoms with van der Waals surface area (Å²) >= 11 is 0. The Morgan fingerprint density at radius 1 is 0.900 bits per heavy atom. The number of anilines is 1. The molecule has 0 spiro atoms. The van der Waals surface area contributed by atoms with Crippen LogP contribution in [0.1, 0.15) is 38.9 Å². The highest BCUT2D eigenvalue weighted by Crippen LogP contribution is 2.31. The standard InChI is InChI=1S/C37H36F3N5O4.BrH/c1-4-48-30-7-5-6-25(20-30)24-44-16-18-45(19-17-44)36(47)33-21-27-10-14-31(22-32(27)43(33)3)49-34-15-13-29(23-41-34)42(2)35(46)26-8-11-28(12-9-26)37(38,39)40;/h5-15,20-23H,4,16-19,24H2,1-3H3;1H. The Hall–Kier alpha value is -4.88. The highest BCUT2D eigenvalue weighted by molar-refractivity contribution is 8.93. The molecule has 3 aromatic carbocycles. The van der Waals surface area contributed by atoms with Crippen LogP contribution >= 0.6 is 17.0 Å². The Bertz CT molecular complexity index is 1960. The van der Waals surface area contributed by atoms with Crippen LogP contribution in [0.2, 0.25) is 0 Å². The van der Waals surface area contributed by atoms with Gasteiger partial charge >= 0.3 is 6.18 Å². The molecule has 6 rings (SSSR count). The van der Waals surface area contributed by atoms with Gasteiger partial charge in [-0.25, -0.2) is 4.98 Å². The monoisotopic (exact) mass is 751 g/mol. The van der Waals surface area contributed by atoms with Crippen LogP contribution in [0, 0.1) is 0 Å². The van der Waals surface area contributed by atoms with Crippen LogP contribution in [0.15, 0.2) is 91.1 Å². The van der Waals surface area contributed by atoms with E-state index >= 15 is 0 Å². The molecule has 0 atom stereocenters. The minimum Gasteiger partial charge on any atom is -0.494 e. The lowest BCUT2D eigenvalue weighted by Crippen LogP contribution is -2.48. The van der Waals surface area contributed by atoms with Gasteiger partial charge in [-0.2, -0.15) is 13.2 Å². The normalized spacial score (nSPS) is 13.5. The molecule has 5 aromatic rings. The van der Waals surface area contributed by atoms with E-state index in [4.69, 9.17) is 9.47 Å². The van der Waals surface area contributed by atoms with Crippen LogP contribution in [-0.4, -0.2) is 71.0 Å². The minimum absolute atomic E-state index is 0. The summed E-state index contributed by atoms with van der Waals surface area (Å²) in [5.41, 5.74) is 2.33. The number of aryl methyl sites for hydroxylation is 1. The first-order chi connectivity index (χ1) is 23.5. The van der Waals surface area contributed by atoms with Gasteiger partial charge in [-0.05, 0) is 73.2 Å². The molecule has 0 N–H and O–H groups in total. The van der Waals surface area contributed by atoms with Crippen molar-refractivity contribution in [1.29, 1.82) is 0 Å². The van der Waals surface area contributed by atoms with E-state index < -0.39 is 17.6 Å². The number of aromatic nitrogens is 2. The maximum Gasteiger partial charge on any atom is 0.416 e. The fourth-order valence-corrected chi connectivity index (χ4v) is 5.87. The number of piperazine rings is 1. The number of nitrogens with zero attached hydrogens (tertiary/aromatic N) is 5. The van der Waals surface area contributed by atoms with Crippen molar-refractivity contribution in [2.24, 2.45) is 7.05 Å². The number of halogens is 4. The van der Waals surface area contributed by atoms with E-state index in [1.54, 1.807) is 18.2 Å². The number of alkyl halides is 3. The zero-order valence-corrected chi connectivity index (χ0v) is 29.5. The summed E-state index contributed by atoms with van der Waals surface area (Å²) in [6, 6.07) is 22.8. The zero-order valence-electron chi connectivity index (χ0n) is 27.8. The fraction of sp³-hybridized carbons (Fsp3) is 0.270. The zero-order chi connectivity index (χ0) is 34.7. The van der Waals surface area contributed by atoms with Gasteiger partial charge in [0.2, 0.25) is 5.88 Å². The van der Waals surface area contributed by atoms with Crippen LogP contribution in [0.3, 0.4) is 0 Å². The molecule has 2 aromatic heterocycles. The average Bonchev–Trinajstić information content (AvgIpc) is 3.43. The van der Waals surface area contributed by atoms with Crippen molar-refractivity contribution < 1.29 is 32.2 Å². The van der Waals surface area contributed by atoms with Gasteiger partial charge in [0.15, 0.2) is 0 Å². The number of hydrogen-bond donors (Lipinski definition) is 0. The summed E-state index contributed by atoms with van der Waals surface area (Å²) in [7, 11) is 3.38. The molecule has 1 aliphatic rings. The predicted molar refractivity (Wildman–Crippen MR) is 191 cm³/mol. The van der Waals surface area contributed by atoms with Gasteiger partial charge in [-0.1, -0.05) is 12.1 Å². The SMILES string of the molecule is Br.CCOc1cccc(CN2CCN(C(=O)c3cc4ccc(Oc5ccc(N(C)C(=O)c6ccc(C(F)(F)F)cc6)cn5)cc4n3C)CC2)c1. The molecule has 262 valence electrons. The third-order valence-electron chi connectivity index (χ3n) is 8.61. The van der Waals surface area contributed by atoms with Crippen molar-refractivity contribution in [3.8, 4) is 17.4 Å². The predicted octanol–water partition coefficient (Wildman–Crippen LogP) is 7.60. The second-order valence-electron chi connectivity index (χ2n) is 11.9. The van der Waals surface area contributed by atoms with E-state index in [0.29, 0.717) is 36.8 Å². The highest BCUT2D eigenvalue weighted by Gasteiger charge is 2.30. The number of fused-ring (bicyclic) bond motifs is 1. The summed E-state index contributed by atoms with van der Waals surface area (Å²) < 4.78 is 52.2. The first kappa shape index (κ1) is 36.4. The summed E-state index contributed by atoms with van der Waals surface area (Å²) in [6.07, 6.45) is -3.03. The van der Waals surface area contributed by atoms with E-state index in [9.17, 15) is 22.8 Å². The summed E-state index contributed by atoms with van der Waals surface area (Å²) in [4.78, 5) is 36.3. The second-order valence-corrected chi connectivity index (χ2v) is 11.9. The van der Waals surface area contributed by atoms with Crippen LogP contribution in [0.25, 0.3) is 10.9 Å². The quantitative estimate of drug-likeness (QED) is 0.155. The molecule has 1 aliphatic heterocycles. The van der Waals surface area contributed by atoms with Gasteiger partial charge in [-0.15, -0.1) is 17.0 Å². The molecule has 0 bridgehead atoms. The largest absolute Gasteiger partial charge is 0.494 e. The third kappa shape index (κ3) is 8.11. The Morgan fingerprint density at radius 3 is 2.30 bits per heavy atom. The van der Waals surface area contributed by atoms with Crippen molar-refractivity contribution >= 4 is 45.4 Å². The second kappa shape index (κ2) is 15.3. The summed E-state index contributed by atoms with van der Waals surface area (Å²) in [5.74, 6) is 1.17. The summed E-state index contributed by atoms with van der Waals surface area (Å²) in [5, 5.41) is 0.901. The van der Waals surface area contributed by atoms with E-state index in [0.717, 1.165) is 60.6 Å². The van der Waals surface area contributed by atoms with Gasteiger partial charge in [0.1, 0.15) is 17.2 Å². The molecule has 0 radical (unpaired) electrons.